The van der Waals surface area contributed by atoms with Gasteiger partial charge in [-0.05, 0) is 54.8 Å². The number of pyridine rings is 2. The average Bonchev–Trinajstić information content (AvgIpc) is 3.62. The molecule has 0 aromatic carbocycles. The van der Waals surface area contributed by atoms with Crippen molar-refractivity contribution in [3.8, 4) is 0 Å². The average molecular weight is 812 g/mol. The highest BCUT2D eigenvalue weighted by molar-refractivity contribution is 9.93. The van der Waals surface area contributed by atoms with Crippen LogP contribution in [0.1, 0.15) is 36.3 Å². The second-order valence-corrected chi connectivity index (χ2v) is 9.91. The molecule has 0 radical (unpaired) electrons. The number of nitrogens with zero attached hydrogens (tertiary/aromatic N) is 6. The lowest BCUT2D eigenvalue weighted by atomic mass is 10.2. The summed E-state index contributed by atoms with van der Waals surface area (Å²) in [5.41, 5.74) is 13.9. The summed E-state index contributed by atoms with van der Waals surface area (Å²) in [4.78, 5) is 41.1. The van der Waals surface area contributed by atoms with Gasteiger partial charge in [-0.2, -0.15) is 9.97 Å². The minimum Gasteiger partial charge on any atom is -0.379 e. The molecule has 4 aromatic heterocycles. The molecular weight excluding hydrogens is 784 g/mol. The van der Waals surface area contributed by atoms with Gasteiger partial charge in [-0.15, -0.1) is 17.0 Å². The molecule has 0 bridgehead atoms. The van der Waals surface area contributed by atoms with Crippen molar-refractivity contribution in [1.29, 1.82) is 0 Å². The summed E-state index contributed by atoms with van der Waals surface area (Å²) >= 11 is 8.81. The zero-order valence-electron chi connectivity index (χ0n) is 21.6. The van der Waals surface area contributed by atoms with E-state index in [0.29, 0.717) is 42.2 Å². The van der Waals surface area contributed by atoms with Gasteiger partial charge in [0, 0.05) is 58.3 Å². The zero-order chi connectivity index (χ0) is 28.3. The lowest BCUT2D eigenvalue weighted by Gasteiger charge is -2.16. The molecule has 0 spiro atoms. The van der Waals surface area contributed by atoms with E-state index in [1.165, 1.54) is 0 Å². The molecule has 40 heavy (non-hydrogen) atoms. The molecule has 12 nitrogen and oxygen atoms in total. The van der Waals surface area contributed by atoms with Gasteiger partial charge < -0.3 is 20.9 Å². The lowest BCUT2D eigenvalue weighted by molar-refractivity contribution is 0.186. The Labute approximate surface area is 263 Å². The van der Waals surface area contributed by atoms with Crippen LogP contribution in [0.5, 0.6) is 0 Å². The van der Waals surface area contributed by atoms with Gasteiger partial charge in [0.15, 0.2) is 0 Å². The summed E-state index contributed by atoms with van der Waals surface area (Å²) in [6, 6.07) is 5.08. The molecule has 2 fully saturated rings. The molecular formula is C24H28Br4N8O4. The van der Waals surface area contributed by atoms with Crippen LogP contribution in [0.4, 0.5) is 11.9 Å². The van der Waals surface area contributed by atoms with E-state index in [1.54, 1.807) is 27.3 Å². The Kier molecular flexibility index (Phi) is 11.6. The van der Waals surface area contributed by atoms with Crippen molar-refractivity contribution in [1.82, 2.24) is 29.1 Å². The molecule has 6 heterocycles. The summed E-state index contributed by atoms with van der Waals surface area (Å²) in [7, 11) is 0. The fourth-order valence-electron chi connectivity index (χ4n) is 4.79. The van der Waals surface area contributed by atoms with Crippen LogP contribution in [0.25, 0.3) is 22.1 Å². The number of ether oxygens (including phenoxy) is 2. The molecule has 4 aromatic rings. The number of halogens is 4. The molecule has 216 valence electrons. The van der Waals surface area contributed by atoms with Crippen LogP contribution in [-0.2, 0) is 9.47 Å². The number of aryl methyl sites for hydroxylation is 2. The molecule has 2 atom stereocenters. The van der Waals surface area contributed by atoms with E-state index in [2.05, 4.69) is 64.1 Å². The van der Waals surface area contributed by atoms with E-state index in [-0.39, 0.29) is 52.1 Å². The van der Waals surface area contributed by atoms with E-state index in [4.69, 9.17) is 20.9 Å². The third-order valence-electron chi connectivity index (χ3n) is 6.59. The number of aromatic nitrogens is 6. The van der Waals surface area contributed by atoms with Crippen LogP contribution in [0.2, 0.25) is 0 Å². The lowest BCUT2D eigenvalue weighted by Crippen LogP contribution is -2.27. The first-order valence-corrected chi connectivity index (χ1v) is 16.6. The highest BCUT2D eigenvalue weighted by Gasteiger charge is 2.24. The molecule has 2 aliphatic rings. The number of hydrogen-bond donors (Lipinski definition) is 2. The van der Waals surface area contributed by atoms with Crippen LogP contribution >= 0.6 is 61.2 Å². The van der Waals surface area contributed by atoms with Gasteiger partial charge in [0.05, 0.1) is 41.2 Å². The van der Waals surface area contributed by atoms with Crippen LogP contribution < -0.4 is 22.6 Å². The SMILES string of the molecule is Br.BrBr.Cc1nc(N)nc2c1cc(Br)c(=O)n2[C@@H]1CCOC1.Cc1nc(N)nc2c1ccc(=O)n2[C@@H]1CCOC1. The van der Waals surface area contributed by atoms with Gasteiger partial charge in [0.25, 0.3) is 11.1 Å². The third-order valence-corrected chi connectivity index (χ3v) is 7.16. The maximum Gasteiger partial charge on any atom is 0.266 e. The van der Waals surface area contributed by atoms with Crippen molar-refractivity contribution in [3.63, 3.8) is 0 Å². The number of rotatable bonds is 2. The maximum atomic E-state index is 12.4. The van der Waals surface area contributed by atoms with E-state index < -0.39 is 0 Å². The largest absolute Gasteiger partial charge is 0.379 e. The fraction of sp³-hybridized carbons (Fsp3) is 0.417. The number of hydrogen-bond acceptors (Lipinski definition) is 10. The summed E-state index contributed by atoms with van der Waals surface area (Å²) in [5, 5.41) is 1.68. The first-order valence-electron chi connectivity index (χ1n) is 12.0. The van der Waals surface area contributed by atoms with Gasteiger partial charge >= 0.3 is 0 Å². The molecule has 2 aliphatic heterocycles. The first kappa shape index (κ1) is 32.5. The van der Waals surface area contributed by atoms with Crippen molar-refractivity contribution in [2.75, 3.05) is 37.9 Å². The van der Waals surface area contributed by atoms with Gasteiger partial charge in [0.1, 0.15) is 11.3 Å². The Hall–Kier alpha value is -1.98. The molecule has 0 unspecified atom stereocenters. The minimum atomic E-state index is -0.111. The molecule has 0 amide bonds. The van der Waals surface area contributed by atoms with Crippen molar-refractivity contribution in [2.24, 2.45) is 0 Å². The van der Waals surface area contributed by atoms with Gasteiger partial charge in [-0.1, -0.05) is 0 Å². The second-order valence-electron chi connectivity index (χ2n) is 9.05. The summed E-state index contributed by atoms with van der Waals surface area (Å²) in [5.74, 6) is 0.373. The third kappa shape index (κ3) is 6.73. The van der Waals surface area contributed by atoms with E-state index in [9.17, 15) is 9.59 Å². The quantitative estimate of drug-likeness (QED) is 0.298. The van der Waals surface area contributed by atoms with Crippen molar-refractivity contribution in [2.45, 2.75) is 38.8 Å². The highest BCUT2D eigenvalue weighted by Crippen LogP contribution is 2.25. The summed E-state index contributed by atoms with van der Waals surface area (Å²) in [6.07, 6.45) is 1.62. The molecule has 16 heteroatoms. The van der Waals surface area contributed by atoms with Crippen molar-refractivity contribution >= 4 is 95.1 Å². The van der Waals surface area contributed by atoms with Crippen LogP contribution in [0.15, 0.2) is 32.3 Å². The number of nitrogen functional groups attached to an aromatic ring is 2. The molecule has 4 N–H and O–H groups in total. The number of nitrogens with two attached hydrogens (primary N) is 2. The Bertz CT molecular complexity index is 1620. The number of anilines is 2. The molecule has 2 saturated heterocycles. The van der Waals surface area contributed by atoms with E-state index in [0.717, 1.165) is 35.0 Å². The smallest absolute Gasteiger partial charge is 0.266 e. The van der Waals surface area contributed by atoms with Gasteiger partial charge in [-0.25, -0.2) is 9.97 Å². The second kappa shape index (κ2) is 14.3. The Morgan fingerprint density at radius 2 is 1.32 bits per heavy atom. The Morgan fingerprint density at radius 3 is 1.85 bits per heavy atom. The van der Waals surface area contributed by atoms with Crippen molar-refractivity contribution < 1.29 is 9.47 Å². The summed E-state index contributed by atoms with van der Waals surface area (Å²) in [6.45, 7) is 6.11. The molecule has 0 saturated carbocycles. The zero-order valence-corrected chi connectivity index (χ0v) is 28.1. The predicted octanol–water partition coefficient (Wildman–Crippen LogP) is 4.32. The Balaban J connectivity index is 0.000000203. The monoisotopic (exact) mass is 808 g/mol. The first-order chi connectivity index (χ1) is 18.7. The summed E-state index contributed by atoms with van der Waals surface area (Å²) < 4.78 is 14.5. The molecule has 6 rings (SSSR count). The van der Waals surface area contributed by atoms with Crippen LogP contribution in [-0.4, -0.2) is 55.5 Å². The van der Waals surface area contributed by atoms with Crippen LogP contribution in [0.3, 0.4) is 0 Å². The standard InChI is InChI=1S/C12H13BrN4O2.C12H14N4O2.Br2.BrH/c1-6-8-4-9(13)11(18)17(7-2-3-19-5-7)10(8)16-12(14)15-6;1-7-9-2-3-10(17)16(8-4-5-18-6-8)11(9)15-12(13)14-7;1-2;/h4,7H,2-3,5H2,1H3,(H2,14,15,16);2-3,8H,4-6H2,1H3,(H2,13,14,15);;1H/t7-;8-;;/m11../s1. The van der Waals surface area contributed by atoms with E-state index in [1.807, 2.05) is 13.8 Å². The fourth-order valence-corrected chi connectivity index (χ4v) is 5.21. The van der Waals surface area contributed by atoms with Crippen LogP contribution in [0, 0.1) is 13.8 Å². The van der Waals surface area contributed by atoms with Gasteiger partial charge in [0.2, 0.25) is 11.9 Å². The maximum absolute atomic E-state index is 12.4. The highest BCUT2D eigenvalue weighted by atomic mass is 80.9. The van der Waals surface area contributed by atoms with Gasteiger partial charge in [-0.3, -0.25) is 18.7 Å². The predicted molar refractivity (Wildman–Crippen MR) is 171 cm³/mol. The molecule has 0 aliphatic carbocycles. The Morgan fingerprint density at radius 1 is 0.825 bits per heavy atom. The topological polar surface area (TPSA) is 166 Å². The van der Waals surface area contributed by atoms with Crippen molar-refractivity contribution in [3.05, 3.63) is 54.8 Å². The normalized spacial score (nSPS) is 18.0. The van der Waals surface area contributed by atoms with E-state index >= 15 is 0 Å². The minimum absolute atomic E-state index is 0. The number of fused-ring (bicyclic) bond motifs is 2.